The van der Waals surface area contributed by atoms with Crippen molar-refractivity contribution in [1.82, 2.24) is 10.3 Å². The summed E-state index contributed by atoms with van der Waals surface area (Å²) in [6.45, 7) is 1.45. The second kappa shape index (κ2) is 5.49. The van der Waals surface area contributed by atoms with Crippen molar-refractivity contribution in [2.24, 2.45) is 5.92 Å². The Balaban J connectivity index is 1.79. The number of ether oxygens (including phenoxy) is 1. The molecule has 1 amide bonds. The molecule has 1 aromatic heterocycles. The van der Waals surface area contributed by atoms with Crippen LogP contribution in [0.5, 0.6) is 5.75 Å². The number of hydrogen-bond acceptors (Lipinski definition) is 3. The van der Waals surface area contributed by atoms with Crippen molar-refractivity contribution in [3.63, 3.8) is 0 Å². The topological polar surface area (TPSA) is 51.2 Å². The lowest BCUT2D eigenvalue weighted by Crippen LogP contribution is -2.21. The first-order valence-electron chi connectivity index (χ1n) is 5.64. The van der Waals surface area contributed by atoms with Crippen LogP contribution >= 0.6 is 0 Å². The van der Waals surface area contributed by atoms with Crippen molar-refractivity contribution >= 4 is 5.91 Å². The summed E-state index contributed by atoms with van der Waals surface area (Å²) in [6.07, 6.45) is 5.96. The van der Waals surface area contributed by atoms with Gasteiger partial charge < -0.3 is 10.1 Å². The zero-order chi connectivity index (χ0) is 11.2. The zero-order valence-electron chi connectivity index (χ0n) is 9.19. The van der Waals surface area contributed by atoms with Crippen LogP contribution in [-0.2, 0) is 4.79 Å². The quantitative estimate of drug-likeness (QED) is 0.837. The highest BCUT2D eigenvalue weighted by atomic mass is 16.5. The molecule has 1 N–H and O–H groups in total. The number of amides is 1. The zero-order valence-corrected chi connectivity index (χ0v) is 9.19. The predicted octanol–water partition coefficient (Wildman–Crippen LogP) is 1.38. The van der Waals surface area contributed by atoms with Crippen LogP contribution in [0.25, 0.3) is 0 Å². The Labute approximate surface area is 95.0 Å². The van der Waals surface area contributed by atoms with Crippen LogP contribution in [0.4, 0.5) is 0 Å². The number of carbonyl (C=O) groups is 1. The van der Waals surface area contributed by atoms with Gasteiger partial charge in [0.15, 0.2) is 0 Å². The van der Waals surface area contributed by atoms with Crippen LogP contribution < -0.4 is 10.1 Å². The van der Waals surface area contributed by atoms with E-state index in [1.54, 1.807) is 12.4 Å². The maximum absolute atomic E-state index is 11.1. The van der Waals surface area contributed by atoms with Crippen LogP contribution in [0.3, 0.4) is 0 Å². The molecule has 1 atom stereocenters. The molecular formula is C12H16N2O2. The van der Waals surface area contributed by atoms with Crippen molar-refractivity contribution in [3.8, 4) is 5.75 Å². The molecule has 1 unspecified atom stereocenters. The molecule has 4 nitrogen and oxygen atoms in total. The summed E-state index contributed by atoms with van der Waals surface area (Å²) in [5.74, 6) is 1.47. The van der Waals surface area contributed by atoms with Crippen LogP contribution in [0.2, 0.25) is 0 Å². The molecule has 16 heavy (non-hydrogen) atoms. The second-order valence-corrected chi connectivity index (χ2v) is 4.04. The molecule has 0 saturated carbocycles. The number of aromatic nitrogens is 1. The van der Waals surface area contributed by atoms with Crippen LogP contribution in [0, 0.1) is 5.92 Å². The fourth-order valence-electron chi connectivity index (χ4n) is 1.80. The summed E-state index contributed by atoms with van der Waals surface area (Å²) < 4.78 is 5.66. The van der Waals surface area contributed by atoms with Gasteiger partial charge in [0.1, 0.15) is 5.75 Å². The van der Waals surface area contributed by atoms with Gasteiger partial charge in [-0.05, 0) is 30.9 Å². The maximum atomic E-state index is 11.1. The molecule has 2 heterocycles. The van der Waals surface area contributed by atoms with Crippen molar-refractivity contribution in [1.29, 1.82) is 0 Å². The molecule has 0 radical (unpaired) electrons. The van der Waals surface area contributed by atoms with E-state index < -0.39 is 0 Å². The third-order valence-electron chi connectivity index (χ3n) is 2.79. The van der Waals surface area contributed by atoms with Gasteiger partial charge in [0.25, 0.3) is 0 Å². The average molecular weight is 220 g/mol. The Morgan fingerprint density at radius 2 is 2.19 bits per heavy atom. The number of rotatable bonds is 3. The van der Waals surface area contributed by atoms with Gasteiger partial charge in [0, 0.05) is 25.4 Å². The van der Waals surface area contributed by atoms with Crippen molar-refractivity contribution in [3.05, 3.63) is 24.5 Å². The first-order chi connectivity index (χ1) is 7.84. The van der Waals surface area contributed by atoms with E-state index in [-0.39, 0.29) is 5.91 Å². The van der Waals surface area contributed by atoms with Gasteiger partial charge in [0.2, 0.25) is 5.91 Å². The summed E-state index contributed by atoms with van der Waals surface area (Å²) >= 11 is 0. The van der Waals surface area contributed by atoms with Crippen molar-refractivity contribution in [2.75, 3.05) is 13.2 Å². The molecule has 0 aliphatic carbocycles. The summed E-state index contributed by atoms with van der Waals surface area (Å²) in [4.78, 5) is 15.1. The minimum Gasteiger partial charge on any atom is -0.493 e. The SMILES string of the molecule is O=C1CCC(COc2ccncc2)CCN1. The van der Waals surface area contributed by atoms with E-state index in [4.69, 9.17) is 4.74 Å². The number of nitrogens with one attached hydrogen (secondary N) is 1. The molecule has 1 aliphatic rings. The van der Waals surface area contributed by atoms with E-state index in [2.05, 4.69) is 10.3 Å². The molecule has 1 saturated heterocycles. The van der Waals surface area contributed by atoms with E-state index in [1.807, 2.05) is 12.1 Å². The number of pyridine rings is 1. The number of hydrogen-bond donors (Lipinski definition) is 1. The maximum Gasteiger partial charge on any atom is 0.220 e. The van der Waals surface area contributed by atoms with Gasteiger partial charge in [-0.3, -0.25) is 9.78 Å². The third kappa shape index (κ3) is 3.22. The Kier molecular flexibility index (Phi) is 3.75. The second-order valence-electron chi connectivity index (χ2n) is 4.04. The Hall–Kier alpha value is -1.58. The van der Waals surface area contributed by atoms with Gasteiger partial charge in [-0.25, -0.2) is 0 Å². The van der Waals surface area contributed by atoms with Crippen LogP contribution in [0.1, 0.15) is 19.3 Å². The van der Waals surface area contributed by atoms with Gasteiger partial charge in [-0.1, -0.05) is 0 Å². The Morgan fingerprint density at radius 1 is 1.38 bits per heavy atom. The van der Waals surface area contributed by atoms with E-state index in [0.717, 1.165) is 25.1 Å². The third-order valence-corrected chi connectivity index (χ3v) is 2.79. The van der Waals surface area contributed by atoms with Gasteiger partial charge in [0.05, 0.1) is 6.61 Å². The number of nitrogens with zero attached hydrogens (tertiary/aromatic N) is 1. The summed E-state index contributed by atoms with van der Waals surface area (Å²) in [5.41, 5.74) is 0. The highest BCUT2D eigenvalue weighted by Crippen LogP contribution is 2.16. The molecule has 0 spiro atoms. The van der Waals surface area contributed by atoms with E-state index in [9.17, 15) is 4.79 Å². The molecular weight excluding hydrogens is 204 g/mol. The van der Waals surface area contributed by atoms with E-state index in [0.29, 0.717) is 18.9 Å². The van der Waals surface area contributed by atoms with Crippen molar-refractivity contribution in [2.45, 2.75) is 19.3 Å². The Bertz CT molecular complexity index is 340. The fraction of sp³-hybridized carbons (Fsp3) is 0.500. The van der Waals surface area contributed by atoms with Crippen LogP contribution in [0.15, 0.2) is 24.5 Å². The summed E-state index contributed by atoms with van der Waals surface area (Å²) in [5, 5.41) is 2.87. The Morgan fingerprint density at radius 3 is 3.00 bits per heavy atom. The van der Waals surface area contributed by atoms with E-state index in [1.165, 1.54) is 0 Å². The largest absolute Gasteiger partial charge is 0.493 e. The summed E-state index contributed by atoms with van der Waals surface area (Å²) in [7, 11) is 0. The first kappa shape index (κ1) is 10.9. The fourth-order valence-corrected chi connectivity index (χ4v) is 1.80. The monoisotopic (exact) mass is 220 g/mol. The molecule has 1 fully saturated rings. The molecule has 1 aromatic rings. The highest BCUT2D eigenvalue weighted by Gasteiger charge is 2.16. The minimum atomic E-state index is 0.159. The lowest BCUT2D eigenvalue weighted by atomic mass is 10.0. The standard InChI is InChI=1S/C12H16N2O2/c15-12-2-1-10(3-8-14-12)9-16-11-4-6-13-7-5-11/h4-7,10H,1-3,8-9H2,(H,14,15). The molecule has 86 valence electrons. The highest BCUT2D eigenvalue weighted by molar-refractivity contribution is 5.76. The van der Waals surface area contributed by atoms with E-state index >= 15 is 0 Å². The lowest BCUT2D eigenvalue weighted by molar-refractivity contribution is -0.120. The average Bonchev–Trinajstić information content (AvgIpc) is 2.53. The van der Waals surface area contributed by atoms with Crippen molar-refractivity contribution < 1.29 is 9.53 Å². The molecule has 4 heteroatoms. The number of carbonyl (C=O) groups excluding carboxylic acids is 1. The lowest BCUT2D eigenvalue weighted by Gasteiger charge is -2.14. The minimum absolute atomic E-state index is 0.159. The smallest absolute Gasteiger partial charge is 0.220 e. The molecule has 2 rings (SSSR count). The van der Waals surface area contributed by atoms with Gasteiger partial charge in [-0.15, -0.1) is 0 Å². The molecule has 1 aliphatic heterocycles. The molecule has 0 aromatic carbocycles. The predicted molar refractivity (Wildman–Crippen MR) is 60.1 cm³/mol. The van der Waals surface area contributed by atoms with Gasteiger partial charge in [-0.2, -0.15) is 0 Å². The summed E-state index contributed by atoms with van der Waals surface area (Å²) in [6, 6.07) is 3.69. The first-order valence-corrected chi connectivity index (χ1v) is 5.64. The van der Waals surface area contributed by atoms with Crippen LogP contribution in [-0.4, -0.2) is 24.0 Å². The molecule has 0 bridgehead atoms. The van der Waals surface area contributed by atoms with Gasteiger partial charge >= 0.3 is 0 Å². The normalized spacial score (nSPS) is 21.0.